The minimum Gasteiger partial charge on any atom is -0.356 e. The van der Waals surface area contributed by atoms with Gasteiger partial charge in [0.05, 0.1) is 5.92 Å². The van der Waals surface area contributed by atoms with Crippen LogP contribution in [0.5, 0.6) is 0 Å². The molecule has 0 bridgehead atoms. The number of nitrogens with one attached hydrogen (secondary N) is 1. The summed E-state index contributed by atoms with van der Waals surface area (Å²) in [5.41, 5.74) is 5.88. The number of hydrogen-bond donors (Lipinski definition) is 2. The van der Waals surface area contributed by atoms with E-state index < -0.39 is 0 Å². The van der Waals surface area contributed by atoms with Crippen LogP contribution in [0.3, 0.4) is 0 Å². The molecule has 20 heavy (non-hydrogen) atoms. The smallest absolute Gasteiger partial charge is 0.224 e. The largest absolute Gasteiger partial charge is 0.356 e. The molecule has 0 aromatic heterocycles. The molecule has 1 fully saturated rings. The molecule has 118 valence electrons. The van der Waals surface area contributed by atoms with Crippen LogP contribution in [0.25, 0.3) is 0 Å². The van der Waals surface area contributed by atoms with E-state index in [0.717, 1.165) is 25.9 Å². The van der Waals surface area contributed by atoms with Gasteiger partial charge in [0.1, 0.15) is 0 Å². The second kappa shape index (κ2) is 8.63. The fourth-order valence-electron chi connectivity index (χ4n) is 2.86. The fraction of sp³-hybridized carbons (Fsp3) is 0.938. The molecule has 0 saturated carbocycles. The van der Waals surface area contributed by atoms with E-state index in [1.807, 2.05) is 0 Å². The number of piperidine rings is 1. The number of nitrogens with zero attached hydrogens (tertiary/aromatic N) is 1. The Morgan fingerprint density at radius 3 is 2.45 bits per heavy atom. The maximum atomic E-state index is 12.1. The Morgan fingerprint density at radius 1 is 1.25 bits per heavy atom. The summed E-state index contributed by atoms with van der Waals surface area (Å²) in [5.74, 6) is 0.0751. The van der Waals surface area contributed by atoms with Gasteiger partial charge < -0.3 is 16.0 Å². The van der Waals surface area contributed by atoms with Crippen LogP contribution in [0, 0.1) is 11.3 Å². The Hall–Kier alpha value is -0.610. The maximum Gasteiger partial charge on any atom is 0.224 e. The quantitative estimate of drug-likeness (QED) is 0.703. The Labute approximate surface area is 124 Å². The summed E-state index contributed by atoms with van der Waals surface area (Å²) in [5, 5.41) is 3.05. The van der Waals surface area contributed by atoms with Crippen LogP contribution in [-0.2, 0) is 4.79 Å². The third kappa shape index (κ3) is 7.25. The molecule has 1 rings (SSSR count). The van der Waals surface area contributed by atoms with Crippen molar-refractivity contribution in [3.63, 3.8) is 0 Å². The number of nitrogens with two attached hydrogens (primary N) is 1. The SMILES string of the molecule is CC(C)(C)CC(CN)C(=O)NCCCN1CCCCC1. The van der Waals surface area contributed by atoms with Crippen molar-refractivity contribution in [1.82, 2.24) is 10.2 Å². The van der Waals surface area contributed by atoms with Gasteiger partial charge in [-0.25, -0.2) is 0 Å². The summed E-state index contributed by atoms with van der Waals surface area (Å²) in [6, 6.07) is 0. The highest BCUT2D eigenvalue weighted by molar-refractivity contribution is 5.78. The van der Waals surface area contributed by atoms with Crippen LogP contribution >= 0.6 is 0 Å². The number of amides is 1. The zero-order valence-corrected chi connectivity index (χ0v) is 13.6. The van der Waals surface area contributed by atoms with Crippen molar-refractivity contribution in [3.8, 4) is 0 Å². The lowest BCUT2D eigenvalue weighted by molar-refractivity contribution is -0.125. The molecule has 4 heteroatoms. The molecule has 1 atom stereocenters. The first-order chi connectivity index (χ1) is 9.42. The molecular weight excluding hydrogens is 250 g/mol. The summed E-state index contributed by atoms with van der Waals surface area (Å²) in [4.78, 5) is 14.6. The van der Waals surface area contributed by atoms with Gasteiger partial charge in [0, 0.05) is 13.1 Å². The van der Waals surface area contributed by atoms with Crippen molar-refractivity contribution in [3.05, 3.63) is 0 Å². The molecule has 0 radical (unpaired) electrons. The number of carbonyl (C=O) groups excluding carboxylic acids is 1. The lowest BCUT2D eigenvalue weighted by Gasteiger charge is -2.27. The third-order valence-electron chi connectivity index (χ3n) is 3.91. The summed E-state index contributed by atoms with van der Waals surface area (Å²) in [7, 11) is 0. The average molecular weight is 283 g/mol. The van der Waals surface area contributed by atoms with Gasteiger partial charge in [0.15, 0.2) is 0 Å². The van der Waals surface area contributed by atoms with E-state index in [9.17, 15) is 4.79 Å². The maximum absolute atomic E-state index is 12.1. The number of carbonyl (C=O) groups is 1. The van der Waals surface area contributed by atoms with Gasteiger partial charge >= 0.3 is 0 Å². The van der Waals surface area contributed by atoms with Gasteiger partial charge in [-0.1, -0.05) is 27.2 Å². The van der Waals surface area contributed by atoms with E-state index in [-0.39, 0.29) is 17.2 Å². The van der Waals surface area contributed by atoms with Gasteiger partial charge in [0.2, 0.25) is 5.91 Å². The van der Waals surface area contributed by atoms with Crippen molar-refractivity contribution in [2.75, 3.05) is 32.7 Å². The molecule has 1 aliphatic heterocycles. The second-order valence-electron chi connectivity index (χ2n) is 7.24. The third-order valence-corrected chi connectivity index (χ3v) is 3.91. The predicted octanol–water partition coefficient (Wildman–Crippen LogP) is 1.99. The van der Waals surface area contributed by atoms with E-state index in [1.165, 1.54) is 32.4 Å². The zero-order valence-electron chi connectivity index (χ0n) is 13.6. The highest BCUT2D eigenvalue weighted by Crippen LogP contribution is 2.23. The van der Waals surface area contributed by atoms with E-state index in [2.05, 4.69) is 31.0 Å². The first kappa shape index (κ1) is 17.4. The second-order valence-corrected chi connectivity index (χ2v) is 7.24. The number of hydrogen-bond acceptors (Lipinski definition) is 3. The number of rotatable bonds is 7. The normalized spacial score (nSPS) is 18.8. The van der Waals surface area contributed by atoms with Crippen LogP contribution in [0.2, 0.25) is 0 Å². The van der Waals surface area contributed by atoms with Crippen LogP contribution in [-0.4, -0.2) is 43.5 Å². The summed E-state index contributed by atoms with van der Waals surface area (Å²) < 4.78 is 0. The number of likely N-dealkylation sites (tertiary alicyclic amines) is 1. The summed E-state index contributed by atoms with van der Waals surface area (Å²) >= 11 is 0. The molecule has 1 heterocycles. The van der Waals surface area contributed by atoms with Crippen LogP contribution in [0.15, 0.2) is 0 Å². The summed E-state index contributed by atoms with van der Waals surface area (Å²) in [6.45, 7) is 11.2. The minimum atomic E-state index is -0.0509. The van der Waals surface area contributed by atoms with E-state index in [4.69, 9.17) is 5.73 Å². The molecular formula is C16H33N3O. The standard InChI is InChI=1S/C16H33N3O/c1-16(2,3)12-14(13-17)15(20)18-8-7-11-19-9-5-4-6-10-19/h14H,4-13,17H2,1-3H3,(H,18,20). The highest BCUT2D eigenvalue weighted by atomic mass is 16.1. The Kier molecular flexibility index (Phi) is 7.52. The molecule has 0 aromatic rings. The van der Waals surface area contributed by atoms with E-state index in [0.29, 0.717) is 6.54 Å². The molecule has 4 nitrogen and oxygen atoms in total. The minimum absolute atomic E-state index is 0.0509. The average Bonchev–Trinajstić information content (AvgIpc) is 2.41. The lowest BCUT2D eigenvalue weighted by Crippen LogP contribution is -2.39. The molecule has 0 spiro atoms. The van der Waals surface area contributed by atoms with Crippen molar-refractivity contribution in [2.45, 2.75) is 52.9 Å². The zero-order chi connectivity index (χ0) is 15.0. The van der Waals surface area contributed by atoms with Crippen molar-refractivity contribution >= 4 is 5.91 Å². The summed E-state index contributed by atoms with van der Waals surface area (Å²) in [6.07, 6.45) is 5.92. The van der Waals surface area contributed by atoms with Gasteiger partial charge in [-0.2, -0.15) is 0 Å². The van der Waals surface area contributed by atoms with Crippen LogP contribution < -0.4 is 11.1 Å². The van der Waals surface area contributed by atoms with Crippen molar-refractivity contribution < 1.29 is 4.79 Å². The van der Waals surface area contributed by atoms with Crippen LogP contribution in [0.4, 0.5) is 0 Å². The molecule has 0 aromatic carbocycles. The van der Waals surface area contributed by atoms with E-state index in [1.54, 1.807) is 0 Å². The molecule has 0 aliphatic carbocycles. The van der Waals surface area contributed by atoms with Gasteiger partial charge in [-0.15, -0.1) is 0 Å². The van der Waals surface area contributed by atoms with Crippen molar-refractivity contribution in [1.29, 1.82) is 0 Å². The topological polar surface area (TPSA) is 58.4 Å². The monoisotopic (exact) mass is 283 g/mol. The van der Waals surface area contributed by atoms with Gasteiger partial charge in [-0.3, -0.25) is 4.79 Å². The van der Waals surface area contributed by atoms with E-state index >= 15 is 0 Å². The van der Waals surface area contributed by atoms with Gasteiger partial charge in [-0.05, 0) is 50.7 Å². The predicted molar refractivity (Wildman–Crippen MR) is 84.5 cm³/mol. The highest BCUT2D eigenvalue weighted by Gasteiger charge is 2.23. The lowest BCUT2D eigenvalue weighted by atomic mass is 9.84. The Balaban J connectivity index is 2.17. The Bertz CT molecular complexity index is 280. The molecule has 1 amide bonds. The molecule has 1 unspecified atom stereocenters. The first-order valence-electron chi connectivity index (χ1n) is 8.12. The van der Waals surface area contributed by atoms with Gasteiger partial charge in [0.25, 0.3) is 0 Å². The molecule has 3 N–H and O–H groups in total. The first-order valence-corrected chi connectivity index (χ1v) is 8.12. The fourth-order valence-corrected chi connectivity index (χ4v) is 2.86. The Morgan fingerprint density at radius 2 is 1.90 bits per heavy atom. The van der Waals surface area contributed by atoms with Crippen molar-refractivity contribution in [2.24, 2.45) is 17.1 Å². The van der Waals surface area contributed by atoms with Crippen LogP contribution in [0.1, 0.15) is 52.9 Å². The molecule has 1 aliphatic rings. The molecule has 1 saturated heterocycles.